The van der Waals surface area contributed by atoms with Gasteiger partial charge in [0.1, 0.15) is 5.82 Å². The molecule has 0 spiro atoms. The topological polar surface area (TPSA) is 72.2 Å². The van der Waals surface area contributed by atoms with Crippen LogP contribution in [-0.2, 0) is 16.6 Å². The second kappa shape index (κ2) is 5.19. The number of nitrogens with two attached hydrogens (primary N) is 1. The Bertz CT molecular complexity index is 581. The Hall–Kier alpha value is -0.980. The first kappa shape index (κ1) is 14.4. The van der Waals surface area contributed by atoms with Gasteiger partial charge in [-0.05, 0) is 43.4 Å². The molecular formula is C13H19FN2O2S. The van der Waals surface area contributed by atoms with Crippen LogP contribution in [0.15, 0.2) is 17.0 Å². The number of aryl methyl sites for hydroxylation is 1. The summed E-state index contributed by atoms with van der Waals surface area (Å²) in [5, 5.41) is 0. The van der Waals surface area contributed by atoms with Crippen LogP contribution in [0.2, 0.25) is 0 Å². The molecule has 1 aliphatic rings. The zero-order valence-electron chi connectivity index (χ0n) is 11.1. The fourth-order valence-corrected chi connectivity index (χ4v) is 3.79. The van der Waals surface area contributed by atoms with E-state index in [4.69, 9.17) is 5.73 Å². The third-order valence-corrected chi connectivity index (χ3v) is 5.03. The lowest BCUT2D eigenvalue weighted by Gasteiger charge is -2.32. The molecule has 1 saturated carbocycles. The lowest BCUT2D eigenvalue weighted by Crippen LogP contribution is -2.43. The molecule has 3 N–H and O–H groups in total. The molecule has 2 rings (SSSR count). The van der Waals surface area contributed by atoms with Crippen molar-refractivity contribution in [2.45, 2.75) is 44.2 Å². The molecular weight excluding hydrogens is 267 g/mol. The highest BCUT2D eigenvalue weighted by Gasteiger charge is 2.30. The zero-order valence-corrected chi connectivity index (χ0v) is 11.9. The predicted molar refractivity (Wildman–Crippen MR) is 71.5 cm³/mol. The van der Waals surface area contributed by atoms with E-state index in [0.29, 0.717) is 11.5 Å². The number of benzene rings is 1. The van der Waals surface area contributed by atoms with E-state index in [0.717, 1.165) is 12.8 Å². The molecule has 1 aromatic carbocycles. The van der Waals surface area contributed by atoms with Gasteiger partial charge in [-0.1, -0.05) is 6.92 Å². The first-order valence-corrected chi connectivity index (χ1v) is 7.83. The van der Waals surface area contributed by atoms with Gasteiger partial charge < -0.3 is 5.73 Å². The van der Waals surface area contributed by atoms with Gasteiger partial charge in [-0.15, -0.1) is 0 Å². The maximum absolute atomic E-state index is 13.7. The Morgan fingerprint density at radius 1 is 1.42 bits per heavy atom. The van der Waals surface area contributed by atoms with Crippen LogP contribution in [0.25, 0.3) is 0 Å². The third kappa shape index (κ3) is 2.96. The molecule has 0 heterocycles. The van der Waals surface area contributed by atoms with E-state index in [1.54, 1.807) is 6.92 Å². The van der Waals surface area contributed by atoms with Crippen LogP contribution >= 0.6 is 0 Å². The average molecular weight is 286 g/mol. The van der Waals surface area contributed by atoms with E-state index in [2.05, 4.69) is 11.6 Å². The van der Waals surface area contributed by atoms with Crippen molar-refractivity contribution in [2.24, 2.45) is 11.7 Å². The SMILES string of the molecule is Cc1cc(S(=O)(=O)NC2CC(C)C2)cc(CN)c1F. The van der Waals surface area contributed by atoms with Crippen LogP contribution < -0.4 is 10.5 Å². The number of hydrogen-bond donors (Lipinski definition) is 2. The van der Waals surface area contributed by atoms with E-state index in [1.165, 1.54) is 12.1 Å². The Morgan fingerprint density at radius 3 is 2.58 bits per heavy atom. The van der Waals surface area contributed by atoms with Gasteiger partial charge in [0.05, 0.1) is 4.90 Å². The van der Waals surface area contributed by atoms with Crippen LogP contribution in [0.1, 0.15) is 30.9 Å². The lowest BCUT2D eigenvalue weighted by molar-refractivity contribution is 0.270. The van der Waals surface area contributed by atoms with Crippen LogP contribution in [0.3, 0.4) is 0 Å². The molecule has 1 aliphatic carbocycles. The summed E-state index contributed by atoms with van der Waals surface area (Å²) in [6.45, 7) is 3.61. The Morgan fingerprint density at radius 2 is 2.05 bits per heavy atom. The molecule has 0 unspecified atom stereocenters. The summed E-state index contributed by atoms with van der Waals surface area (Å²) in [6, 6.07) is 2.65. The smallest absolute Gasteiger partial charge is 0.240 e. The molecule has 0 bridgehead atoms. The molecule has 106 valence electrons. The van der Waals surface area contributed by atoms with Gasteiger partial charge >= 0.3 is 0 Å². The van der Waals surface area contributed by atoms with E-state index >= 15 is 0 Å². The minimum Gasteiger partial charge on any atom is -0.326 e. The first-order chi connectivity index (χ1) is 8.83. The Labute approximate surface area is 113 Å². The van der Waals surface area contributed by atoms with Gasteiger partial charge in [0.2, 0.25) is 10.0 Å². The molecule has 1 aromatic rings. The molecule has 19 heavy (non-hydrogen) atoms. The summed E-state index contributed by atoms with van der Waals surface area (Å²) in [7, 11) is -3.59. The van der Waals surface area contributed by atoms with E-state index < -0.39 is 15.8 Å². The molecule has 1 fully saturated rings. The summed E-state index contributed by atoms with van der Waals surface area (Å²) < 4.78 is 40.7. The lowest BCUT2D eigenvalue weighted by atomic mass is 9.83. The summed E-state index contributed by atoms with van der Waals surface area (Å²) in [6.07, 6.45) is 1.70. The number of rotatable bonds is 4. The maximum Gasteiger partial charge on any atom is 0.240 e. The zero-order chi connectivity index (χ0) is 14.2. The Kier molecular flexibility index (Phi) is 3.94. The highest BCUT2D eigenvalue weighted by molar-refractivity contribution is 7.89. The van der Waals surface area contributed by atoms with Gasteiger partial charge in [0.15, 0.2) is 0 Å². The van der Waals surface area contributed by atoms with Gasteiger partial charge in [0, 0.05) is 18.2 Å². The first-order valence-electron chi connectivity index (χ1n) is 6.35. The predicted octanol–water partition coefficient (Wildman–Crippen LogP) is 1.67. The maximum atomic E-state index is 13.7. The van der Waals surface area contributed by atoms with Crippen molar-refractivity contribution in [2.75, 3.05) is 0 Å². The number of halogens is 1. The number of sulfonamides is 1. The quantitative estimate of drug-likeness (QED) is 0.884. The monoisotopic (exact) mass is 286 g/mol. The van der Waals surface area contributed by atoms with Crippen molar-refractivity contribution in [3.8, 4) is 0 Å². The molecule has 0 aromatic heterocycles. The van der Waals surface area contributed by atoms with E-state index in [1.807, 2.05) is 0 Å². The fourth-order valence-electron chi connectivity index (χ4n) is 2.40. The summed E-state index contributed by atoms with van der Waals surface area (Å²) in [4.78, 5) is 0.0893. The minimum absolute atomic E-state index is 0.00770. The Balaban J connectivity index is 2.27. The van der Waals surface area contributed by atoms with Crippen molar-refractivity contribution < 1.29 is 12.8 Å². The van der Waals surface area contributed by atoms with Gasteiger partial charge in [-0.3, -0.25) is 0 Å². The summed E-state index contributed by atoms with van der Waals surface area (Å²) in [5.74, 6) is 0.126. The second-order valence-corrected chi connectivity index (χ2v) is 7.03. The molecule has 0 amide bonds. The van der Waals surface area contributed by atoms with Crippen LogP contribution in [0.4, 0.5) is 4.39 Å². The molecule has 0 saturated heterocycles. The van der Waals surface area contributed by atoms with Gasteiger partial charge in [0.25, 0.3) is 0 Å². The van der Waals surface area contributed by atoms with Crippen molar-refractivity contribution in [3.05, 3.63) is 29.1 Å². The second-order valence-electron chi connectivity index (χ2n) is 5.31. The highest BCUT2D eigenvalue weighted by Crippen LogP contribution is 2.28. The molecule has 0 atom stereocenters. The van der Waals surface area contributed by atoms with E-state index in [-0.39, 0.29) is 23.0 Å². The normalized spacial score (nSPS) is 23.2. The molecule has 4 nitrogen and oxygen atoms in total. The summed E-state index contributed by atoms with van der Waals surface area (Å²) >= 11 is 0. The van der Waals surface area contributed by atoms with Gasteiger partial charge in [-0.2, -0.15) is 0 Å². The summed E-state index contributed by atoms with van der Waals surface area (Å²) in [5.41, 5.74) is 5.95. The number of nitrogens with one attached hydrogen (secondary N) is 1. The fraction of sp³-hybridized carbons (Fsp3) is 0.538. The van der Waals surface area contributed by atoms with Crippen molar-refractivity contribution in [1.82, 2.24) is 4.72 Å². The van der Waals surface area contributed by atoms with Crippen LogP contribution in [0.5, 0.6) is 0 Å². The van der Waals surface area contributed by atoms with Crippen molar-refractivity contribution in [1.29, 1.82) is 0 Å². The molecule has 0 radical (unpaired) electrons. The standard InChI is InChI=1S/C13H19FN2O2S/c1-8-3-11(4-8)16-19(17,18)12-5-9(2)13(14)10(6-12)7-15/h5-6,8,11,16H,3-4,7,15H2,1-2H3. The highest BCUT2D eigenvalue weighted by atomic mass is 32.2. The van der Waals surface area contributed by atoms with E-state index in [9.17, 15) is 12.8 Å². The van der Waals surface area contributed by atoms with Crippen LogP contribution in [0, 0.1) is 18.7 Å². The van der Waals surface area contributed by atoms with Crippen molar-refractivity contribution >= 4 is 10.0 Å². The number of hydrogen-bond acceptors (Lipinski definition) is 3. The molecule has 6 heteroatoms. The molecule has 0 aliphatic heterocycles. The van der Waals surface area contributed by atoms with Crippen molar-refractivity contribution in [3.63, 3.8) is 0 Å². The third-order valence-electron chi connectivity index (χ3n) is 3.53. The minimum atomic E-state index is -3.59. The van der Waals surface area contributed by atoms with Crippen LogP contribution in [-0.4, -0.2) is 14.5 Å². The largest absolute Gasteiger partial charge is 0.326 e. The van der Waals surface area contributed by atoms with Gasteiger partial charge in [-0.25, -0.2) is 17.5 Å². The average Bonchev–Trinajstić information content (AvgIpc) is 2.30.